The third kappa shape index (κ3) is 3.00. The number of rotatable bonds is 4. The Morgan fingerprint density at radius 3 is 3.07 bits per heavy atom. The van der Waals surface area contributed by atoms with Gasteiger partial charge < -0.3 is 5.32 Å². The molecule has 1 heterocycles. The van der Waals surface area contributed by atoms with Crippen LogP contribution in [0.1, 0.15) is 30.1 Å². The molecule has 0 bridgehead atoms. The molecule has 0 saturated carbocycles. The third-order valence-corrected chi connectivity index (χ3v) is 2.16. The monoisotopic (exact) mass is 212 g/mol. The summed E-state index contributed by atoms with van der Waals surface area (Å²) in [6.07, 6.45) is 5.07. The molecule has 14 heavy (non-hydrogen) atoms. The Kier molecular flexibility index (Phi) is 4.40. The smallest absolute Gasteiger partial charge is 0.254 e. The van der Waals surface area contributed by atoms with Crippen molar-refractivity contribution in [2.24, 2.45) is 0 Å². The Bertz CT molecular complexity index is 315. The maximum absolute atomic E-state index is 11.5. The van der Waals surface area contributed by atoms with Gasteiger partial charge in [0.1, 0.15) is 0 Å². The van der Waals surface area contributed by atoms with E-state index in [1.54, 1.807) is 12.3 Å². The van der Waals surface area contributed by atoms with E-state index in [1.807, 2.05) is 0 Å². The van der Waals surface area contributed by atoms with Crippen LogP contribution in [0.4, 0.5) is 0 Å². The number of hydrogen-bond acceptors (Lipinski definition) is 2. The molecule has 4 heteroatoms. The topological polar surface area (TPSA) is 42.0 Å². The summed E-state index contributed by atoms with van der Waals surface area (Å²) in [4.78, 5) is 15.4. The molecule has 0 spiro atoms. The highest BCUT2D eigenvalue weighted by molar-refractivity contribution is 6.33. The molecule has 3 nitrogen and oxygen atoms in total. The van der Waals surface area contributed by atoms with E-state index < -0.39 is 0 Å². The van der Waals surface area contributed by atoms with Gasteiger partial charge in [-0.3, -0.25) is 9.78 Å². The number of nitrogens with one attached hydrogen (secondary N) is 1. The molecule has 0 aromatic carbocycles. The zero-order chi connectivity index (χ0) is 10.4. The van der Waals surface area contributed by atoms with Gasteiger partial charge in [-0.2, -0.15) is 0 Å². The maximum Gasteiger partial charge on any atom is 0.254 e. The standard InChI is InChI=1S/C10H13ClN2O/c1-2-3-5-13-10(14)8-7-12-6-4-9(8)11/h4,6-7H,2-3,5H2,1H3,(H,13,14). The van der Waals surface area contributed by atoms with Gasteiger partial charge >= 0.3 is 0 Å². The highest BCUT2D eigenvalue weighted by atomic mass is 35.5. The fourth-order valence-corrected chi connectivity index (χ4v) is 1.21. The zero-order valence-electron chi connectivity index (χ0n) is 8.09. The molecule has 0 unspecified atom stereocenters. The van der Waals surface area contributed by atoms with E-state index >= 15 is 0 Å². The molecule has 0 saturated heterocycles. The lowest BCUT2D eigenvalue weighted by Gasteiger charge is -2.04. The Labute approximate surface area is 88.5 Å². The second-order valence-electron chi connectivity index (χ2n) is 2.96. The van der Waals surface area contributed by atoms with Crippen molar-refractivity contribution in [2.45, 2.75) is 19.8 Å². The van der Waals surface area contributed by atoms with Crippen molar-refractivity contribution in [2.75, 3.05) is 6.54 Å². The second kappa shape index (κ2) is 5.60. The summed E-state index contributed by atoms with van der Waals surface area (Å²) in [5.74, 6) is -0.156. The van der Waals surface area contributed by atoms with E-state index in [-0.39, 0.29) is 5.91 Å². The molecular formula is C10H13ClN2O. The summed E-state index contributed by atoms with van der Waals surface area (Å²) in [5, 5.41) is 3.22. The molecule has 0 aliphatic carbocycles. The lowest BCUT2D eigenvalue weighted by molar-refractivity contribution is 0.0953. The summed E-state index contributed by atoms with van der Waals surface area (Å²) in [6, 6.07) is 1.61. The third-order valence-electron chi connectivity index (χ3n) is 1.83. The SMILES string of the molecule is CCCCNC(=O)c1cnccc1Cl. The van der Waals surface area contributed by atoms with E-state index in [9.17, 15) is 4.79 Å². The number of hydrogen-bond donors (Lipinski definition) is 1. The van der Waals surface area contributed by atoms with Gasteiger partial charge in [-0.05, 0) is 12.5 Å². The first-order valence-electron chi connectivity index (χ1n) is 4.63. The van der Waals surface area contributed by atoms with Crippen molar-refractivity contribution in [1.29, 1.82) is 0 Å². The van der Waals surface area contributed by atoms with Gasteiger partial charge in [0.25, 0.3) is 5.91 Å². The first kappa shape index (κ1) is 11.0. The average molecular weight is 213 g/mol. The van der Waals surface area contributed by atoms with E-state index in [0.717, 1.165) is 12.8 Å². The molecule has 0 radical (unpaired) electrons. The van der Waals surface area contributed by atoms with E-state index in [2.05, 4.69) is 17.2 Å². The minimum atomic E-state index is -0.156. The van der Waals surface area contributed by atoms with Crippen molar-refractivity contribution in [3.05, 3.63) is 29.0 Å². The zero-order valence-corrected chi connectivity index (χ0v) is 8.84. The molecule has 0 aliphatic heterocycles. The number of unbranched alkanes of at least 4 members (excludes halogenated alkanes) is 1. The average Bonchev–Trinajstić information content (AvgIpc) is 2.18. The number of nitrogens with zero attached hydrogens (tertiary/aromatic N) is 1. The summed E-state index contributed by atoms with van der Waals surface area (Å²) in [5.41, 5.74) is 0.435. The predicted octanol–water partition coefficient (Wildman–Crippen LogP) is 2.26. The summed E-state index contributed by atoms with van der Waals surface area (Å²) in [6.45, 7) is 2.75. The lowest BCUT2D eigenvalue weighted by Crippen LogP contribution is -2.24. The van der Waals surface area contributed by atoms with Crippen LogP contribution in [-0.4, -0.2) is 17.4 Å². The van der Waals surface area contributed by atoms with Crippen LogP contribution >= 0.6 is 11.6 Å². The van der Waals surface area contributed by atoms with Crippen LogP contribution in [0.25, 0.3) is 0 Å². The van der Waals surface area contributed by atoms with Crippen LogP contribution < -0.4 is 5.32 Å². The molecule has 0 aliphatic rings. The normalized spacial score (nSPS) is 9.86. The molecule has 0 atom stereocenters. The van der Waals surface area contributed by atoms with Gasteiger partial charge in [0, 0.05) is 18.9 Å². The number of carbonyl (C=O) groups is 1. The molecule has 0 fully saturated rings. The van der Waals surface area contributed by atoms with E-state index in [4.69, 9.17) is 11.6 Å². The molecule has 1 aromatic rings. The highest BCUT2D eigenvalue weighted by Crippen LogP contribution is 2.12. The number of halogens is 1. The first-order chi connectivity index (χ1) is 6.75. The Morgan fingerprint density at radius 2 is 2.43 bits per heavy atom. The number of aromatic nitrogens is 1. The van der Waals surface area contributed by atoms with Gasteiger partial charge in [-0.1, -0.05) is 24.9 Å². The Balaban J connectivity index is 2.56. The van der Waals surface area contributed by atoms with Crippen LogP contribution in [0.15, 0.2) is 18.5 Å². The number of pyridine rings is 1. The minimum Gasteiger partial charge on any atom is -0.352 e. The number of amides is 1. The highest BCUT2D eigenvalue weighted by Gasteiger charge is 2.08. The van der Waals surface area contributed by atoms with E-state index in [0.29, 0.717) is 17.1 Å². The second-order valence-corrected chi connectivity index (χ2v) is 3.37. The molecular weight excluding hydrogens is 200 g/mol. The lowest BCUT2D eigenvalue weighted by atomic mass is 10.2. The van der Waals surface area contributed by atoms with Gasteiger partial charge in [-0.15, -0.1) is 0 Å². The molecule has 1 amide bonds. The summed E-state index contributed by atoms with van der Waals surface area (Å²) >= 11 is 5.83. The first-order valence-corrected chi connectivity index (χ1v) is 5.01. The van der Waals surface area contributed by atoms with Crippen LogP contribution in [0.3, 0.4) is 0 Å². The van der Waals surface area contributed by atoms with Crippen molar-refractivity contribution < 1.29 is 4.79 Å². The fourth-order valence-electron chi connectivity index (χ4n) is 1.02. The van der Waals surface area contributed by atoms with Crippen LogP contribution in [-0.2, 0) is 0 Å². The van der Waals surface area contributed by atoms with Crippen LogP contribution in [0, 0.1) is 0 Å². The Hall–Kier alpha value is -1.09. The van der Waals surface area contributed by atoms with E-state index in [1.165, 1.54) is 6.20 Å². The van der Waals surface area contributed by atoms with Gasteiger partial charge in [0.05, 0.1) is 10.6 Å². The molecule has 76 valence electrons. The summed E-state index contributed by atoms with van der Waals surface area (Å²) in [7, 11) is 0. The van der Waals surface area contributed by atoms with Crippen molar-refractivity contribution >= 4 is 17.5 Å². The van der Waals surface area contributed by atoms with Crippen molar-refractivity contribution in [3.63, 3.8) is 0 Å². The predicted molar refractivity (Wildman–Crippen MR) is 56.5 cm³/mol. The van der Waals surface area contributed by atoms with Crippen molar-refractivity contribution in [1.82, 2.24) is 10.3 Å². The number of carbonyl (C=O) groups excluding carboxylic acids is 1. The van der Waals surface area contributed by atoms with Crippen molar-refractivity contribution in [3.8, 4) is 0 Å². The largest absolute Gasteiger partial charge is 0.352 e. The molecule has 1 rings (SSSR count). The Morgan fingerprint density at radius 1 is 1.64 bits per heavy atom. The maximum atomic E-state index is 11.5. The van der Waals surface area contributed by atoms with Gasteiger partial charge in [0.15, 0.2) is 0 Å². The van der Waals surface area contributed by atoms with Gasteiger partial charge in [-0.25, -0.2) is 0 Å². The minimum absolute atomic E-state index is 0.156. The fraction of sp³-hybridized carbons (Fsp3) is 0.400. The molecule has 1 aromatic heterocycles. The van der Waals surface area contributed by atoms with Gasteiger partial charge in [0.2, 0.25) is 0 Å². The van der Waals surface area contributed by atoms with Crippen LogP contribution in [0.5, 0.6) is 0 Å². The quantitative estimate of drug-likeness (QED) is 0.778. The van der Waals surface area contributed by atoms with Crippen LogP contribution in [0.2, 0.25) is 5.02 Å². The summed E-state index contributed by atoms with van der Waals surface area (Å²) < 4.78 is 0. The molecule has 1 N–H and O–H groups in total.